The van der Waals surface area contributed by atoms with E-state index in [1.165, 1.54) is 0 Å². The molecule has 0 spiro atoms. The van der Waals surface area contributed by atoms with Gasteiger partial charge in [-0.05, 0) is 24.1 Å². The Morgan fingerprint density at radius 1 is 1.44 bits per heavy atom. The van der Waals surface area contributed by atoms with Crippen molar-refractivity contribution in [2.75, 3.05) is 0 Å². The lowest BCUT2D eigenvalue weighted by Gasteiger charge is -2.03. The third-order valence-corrected chi connectivity index (χ3v) is 2.34. The van der Waals surface area contributed by atoms with E-state index < -0.39 is 5.76 Å². The molecule has 16 heavy (non-hydrogen) atoms. The van der Waals surface area contributed by atoms with Gasteiger partial charge in [0.15, 0.2) is 11.4 Å². The quantitative estimate of drug-likeness (QED) is 0.806. The summed E-state index contributed by atoms with van der Waals surface area (Å²) in [4.78, 5) is 25.2. The molecule has 1 aromatic heterocycles. The third kappa shape index (κ3) is 2.05. The largest absolute Gasteiger partial charge is 0.417 e. The smallest absolute Gasteiger partial charge is 0.408 e. The highest BCUT2D eigenvalue weighted by molar-refractivity contribution is 5.98. The highest BCUT2D eigenvalue weighted by Gasteiger charge is 2.10. The van der Waals surface area contributed by atoms with Gasteiger partial charge >= 0.3 is 5.76 Å². The van der Waals surface area contributed by atoms with Gasteiger partial charge in [0.05, 0.1) is 5.52 Å². The van der Waals surface area contributed by atoms with Crippen molar-refractivity contribution in [3.8, 4) is 0 Å². The molecule has 0 aliphatic rings. The van der Waals surface area contributed by atoms with Crippen molar-refractivity contribution in [1.82, 2.24) is 4.98 Å². The van der Waals surface area contributed by atoms with Crippen molar-refractivity contribution in [2.24, 2.45) is 5.92 Å². The predicted molar refractivity (Wildman–Crippen MR) is 60.6 cm³/mol. The number of hydrogen-bond donors (Lipinski definition) is 1. The second-order valence-electron chi connectivity index (χ2n) is 4.25. The van der Waals surface area contributed by atoms with E-state index in [9.17, 15) is 9.59 Å². The van der Waals surface area contributed by atoms with Gasteiger partial charge in [0.1, 0.15) is 0 Å². The maximum atomic E-state index is 11.8. The van der Waals surface area contributed by atoms with Crippen LogP contribution in [-0.2, 0) is 0 Å². The summed E-state index contributed by atoms with van der Waals surface area (Å²) in [5, 5.41) is 0. The SMILES string of the molecule is CC(C)CC(=O)c1ccc2[nH]c(=O)oc2c1. The number of oxazole rings is 1. The van der Waals surface area contributed by atoms with Crippen LogP contribution in [-0.4, -0.2) is 10.8 Å². The number of Topliss-reactive ketones (excluding diaryl/α,β-unsaturated/α-hetero) is 1. The van der Waals surface area contributed by atoms with Crippen molar-refractivity contribution < 1.29 is 9.21 Å². The highest BCUT2D eigenvalue weighted by atomic mass is 16.4. The molecule has 0 aliphatic carbocycles. The number of aromatic nitrogens is 1. The number of benzene rings is 1. The molecule has 4 nitrogen and oxygen atoms in total. The summed E-state index contributed by atoms with van der Waals surface area (Å²) in [5.41, 5.74) is 1.63. The van der Waals surface area contributed by atoms with Gasteiger partial charge in [-0.15, -0.1) is 0 Å². The zero-order valence-corrected chi connectivity index (χ0v) is 9.24. The average molecular weight is 219 g/mol. The fraction of sp³-hybridized carbons (Fsp3) is 0.333. The Bertz CT molecular complexity index is 577. The van der Waals surface area contributed by atoms with Crippen LogP contribution in [0.2, 0.25) is 0 Å². The molecule has 0 amide bonds. The molecule has 2 rings (SSSR count). The molecule has 1 heterocycles. The van der Waals surface area contributed by atoms with Crippen molar-refractivity contribution in [3.05, 3.63) is 34.3 Å². The molecule has 0 radical (unpaired) electrons. The Balaban J connectivity index is 2.38. The number of carbonyl (C=O) groups excluding carboxylic acids is 1. The predicted octanol–water partition coefficient (Wildman–Crippen LogP) is 2.35. The minimum absolute atomic E-state index is 0.0701. The van der Waals surface area contributed by atoms with Crippen molar-refractivity contribution in [1.29, 1.82) is 0 Å². The fourth-order valence-electron chi connectivity index (χ4n) is 1.61. The number of H-pyrrole nitrogens is 1. The summed E-state index contributed by atoms with van der Waals surface area (Å²) in [6, 6.07) is 5.00. The number of fused-ring (bicyclic) bond motifs is 1. The van der Waals surface area contributed by atoms with E-state index in [0.717, 1.165) is 0 Å². The number of ketones is 1. The molecule has 0 bridgehead atoms. The van der Waals surface area contributed by atoms with Gasteiger partial charge in [-0.3, -0.25) is 9.78 Å². The number of rotatable bonds is 3. The molecule has 0 saturated heterocycles. The minimum atomic E-state index is -0.497. The molecule has 1 aromatic carbocycles. The number of carbonyl (C=O) groups is 1. The van der Waals surface area contributed by atoms with E-state index in [-0.39, 0.29) is 5.78 Å². The standard InChI is InChI=1S/C12H13NO3/c1-7(2)5-10(14)8-3-4-9-11(6-8)16-12(15)13-9/h3-4,6-7H,5H2,1-2H3,(H,13,15). The maximum Gasteiger partial charge on any atom is 0.417 e. The lowest BCUT2D eigenvalue weighted by molar-refractivity contribution is 0.0968. The molecular weight excluding hydrogens is 206 g/mol. The summed E-state index contributed by atoms with van der Waals surface area (Å²) in [6.45, 7) is 3.99. The van der Waals surface area contributed by atoms with E-state index in [0.29, 0.717) is 29.0 Å². The Morgan fingerprint density at radius 3 is 2.88 bits per heavy atom. The van der Waals surface area contributed by atoms with E-state index in [1.54, 1.807) is 18.2 Å². The van der Waals surface area contributed by atoms with E-state index in [1.807, 2.05) is 13.8 Å². The molecule has 0 unspecified atom stereocenters. The van der Waals surface area contributed by atoms with E-state index in [2.05, 4.69) is 4.98 Å². The van der Waals surface area contributed by atoms with Crippen LogP contribution in [0.5, 0.6) is 0 Å². The number of nitrogens with one attached hydrogen (secondary N) is 1. The van der Waals surface area contributed by atoms with Gasteiger partial charge < -0.3 is 4.42 Å². The Hall–Kier alpha value is -1.84. The third-order valence-electron chi connectivity index (χ3n) is 2.34. The first-order chi connectivity index (χ1) is 7.56. The molecule has 0 aliphatic heterocycles. The lowest BCUT2D eigenvalue weighted by Crippen LogP contribution is -2.02. The zero-order chi connectivity index (χ0) is 11.7. The van der Waals surface area contributed by atoms with E-state index in [4.69, 9.17) is 4.42 Å². The maximum absolute atomic E-state index is 11.8. The summed E-state index contributed by atoms with van der Waals surface area (Å²) in [5.74, 6) is -0.106. The van der Waals surface area contributed by atoms with E-state index >= 15 is 0 Å². The molecule has 1 N–H and O–H groups in total. The first-order valence-corrected chi connectivity index (χ1v) is 5.22. The van der Waals surface area contributed by atoms with Crippen LogP contribution in [0.4, 0.5) is 0 Å². The fourth-order valence-corrected chi connectivity index (χ4v) is 1.61. The first kappa shape index (κ1) is 10.7. The second-order valence-corrected chi connectivity index (χ2v) is 4.25. The van der Waals surface area contributed by atoms with Gasteiger partial charge in [-0.25, -0.2) is 4.79 Å². The van der Waals surface area contributed by atoms with Gasteiger partial charge in [0.25, 0.3) is 0 Å². The average Bonchev–Trinajstić information content (AvgIpc) is 2.55. The summed E-state index contributed by atoms with van der Waals surface area (Å²) < 4.78 is 4.90. The van der Waals surface area contributed by atoms with Crippen LogP contribution < -0.4 is 5.76 Å². The van der Waals surface area contributed by atoms with Gasteiger partial charge in [0.2, 0.25) is 0 Å². The monoisotopic (exact) mass is 219 g/mol. The molecule has 0 saturated carbocycles. The van der Waals surface area contributed by atoms with Crippen molar-refractivity contribution in [3.63, 3.8) is 0 Å². The van der Waals surface area contributed by atoms with Crippen molar-refractivity contribution in [2.45, 2.75) is 20.3 Å². The Morgan fingerprint density at radius 2 is 2.19 bits per heavy atom. The normalized spacial score (nSPS) is 11.2. The van der Waals surface area contributed by atoms with Gasteiger partial charge in [-0.2, -0.15) is 0 Å². The number of aromatic amines is 1. The van der Waals surface area contributed by atoms with Gasteiger partial charge in [0, 0.05) is 12.0 Å². The summed E-state index contributed by atoms with van der Waals surface area (Å²) in [7, 11) is 0. The Labute approximate surface area is 92.3 Å². The molecule has 84 valence electrons. The minimum Gasteiger partial charge on any atom is -0.408 e. The number of hydrogen-bond acceptors (Lipinski definition) is 3. The lowest BCUT2D eigenvalue weighted by atomic mass is 10.0. The first-order valence-electron chi connectivity index (χ1n) is 5.22. The Kier molecular flexibility index (Phi) is 2.64. The highest BCUT2D eigenvalue weighted by Crippen LogP contribution is 2.15. The van der Waals surface area contributed by atoms with Crippen LogP contribution in [0.3, 0.4) is 0 Å². The summed E-state index contributed by atoms with van der Waals surface area (Å²) in [6.07, 6.45) is 0.500. The second kappa shape index (κ2) is 3.96. The molecule has 0 fully saturated rings. The molecular formula is C12H13NO3. The van der Waals surface area contributed by atoms with Crippen LogP contribution in [0.15, 0.2) is 27.4 Å². The molecule has 2 aromatic rings. The van der Waals surface area contributed by atoms with Crippen LogP contribution in [0.1, 0.15) is 30.6 Å². The summed E-state index contributed by atoms with van der Waals surface area (Å²) >= 11 is 0. The zero-order valence-electron chi connectivity index (χ0n) is 9.24. The molecule has 0 atom stereocenters. The van der Waals surface area contributed by atoms with Crippen LogP contribution >= 0.6 is 0 Å². The topological polar surface area (TPSA) is 63.1 Å². The van der Waals surface area contributed by atoms with Crippen LogP contribution in [0.25, 0.3) is 11.1 Å². The molecule has 4 heteroatoms. The van der Waals surface area contributed by atoms with Crippen molar-refractivity contribution >= 4 is 16.9 Å². The van der Waals surface area contributed by atoms with Crippen LogP contribution in [0, 0.1) is 5.92 Å². The van der Waals surface area contributed by atoms with Gasteiger partial charge in [-0.1, -0.05) is 13.8 Å².